The number of para-hydroxylation sites is 1. The van der Waals surface area contributed by atoms with Crippen LogP contribution in [0.25, 0.3) is 0 Å². The SMILES string of the molecule is CC(C)c1cccc(C(C)C)c1NC(=O)COc1ccc(C(C)(C)C)cc1. The molecule has 2 rings (SSSR count). The van der Waals surface area contributed by atoms with Gasteiger partial charge in [-0.1, -0.05) is 78.8 Å². The Morgan fingerprint density at radius 2 is 1.44 bits per heavy atom. The van der Waals surface area contributed by atoms with Gasteiger partial charge in [-0.2, -0.15) is 0 Å². The van der Waals surface area contributed by atoms with Gasteiger partial charge in [0.25, 0.3) is 5.91 Å². The van der Waals surface area contributed by atoms with Gasteiger partial charge in [-0.15, -0.1) is 0 Å². The predicted octanol–water partition coefficient (Wildman–Crippen LogP) is 6.25. The summed E-state index contributed by atoms with van der Waals surface area (Å²) in [6.45, 7) is 15.1. The van der Waals surface area contributed by atoms with Crippen LogP contribution in [-0.4, -0.2) is 12.5 Å². The van der Waals surface area contributed by atoms with Gasteiger partial charge < -0.3 is 10.1 Å². The Balaban J connectivity index is 2.08. The maximum atomic E-state index is 12.5. The van der Waals surface area contributed by atoms with Crippen molar-refractivity contribution >= 4 is 11.6 Å². The minimum Gasteiger partial charge on any atom is -0.484 e. The van der Waals surface area contributed by atoms with Gasteiger partial charge in [-0.05, 0) is 46.1 Å². The first-order chi connectivity index (χ1) is 12.6. The van der Waals surface area contributed by atoms with Gasteiger partial charge in [0.1, 0.15) is 5.75 Å². The smallest absolute Gasteiger partial charge is 0.262 e. The lowest BCUT2D eigenvalue weighted by Gasteiger charge is -2.20. The highest BCUT2D eigenvalue weighted by molar-refractivity contribution is 5.93. The Kier molecular flexibility index (Phi) is 6.69. The van der Waals surface area contributed by atoms with E-state index in [4.69, 9.17) is 4.74 Å². The van der Waals surface area contributed by atoms with Gasteiger partial charge in [-0.25, -0.2) is 0 Å². The van der Waals surface area contributed by atoms with E-state index >= 15 is 0 Å². The molecule has 0 fully saturated rings. The van der Waals surface area contributed by atoms with Crippen LogP contribution in [0, 0.1) is 0 Å². The van der Waals surface area contributed by atoms with Crippen molar-refractivity contribution in [3.05, 3.63) is 59.2 Å². The van der Waals surface area contributed by atoms with E-state index in [-0.39, 0.29) is 17.9 Å². The second kappa shape index (κ2) is 8.60. The van der Waals surface area contributed by atoms with Crippen LogP contribution in [0.15, 0.2) is 42.5 Å². The highest BCUT2D eigenvalue weighted by atomic mass is 16.5. The van der Waals surface area contributed by atoms with Crippen LogP contribution >= 0.6 is 0 Å². The third kappa shape index (κ3) is 5.59. The fraction of sp³-hybridized carbons (Fsp3) is 0.458. The molecule has 0 saturated heterocycles. The predicted molar refractivity (Wildman–Crippen MR) is 114 cm³/mol. The molecule has 2 aromatic rings. The standard InChI is InChI=1S/C24H33NO2/c1-16(2)20-9-8-10-21(17(3)4)23(20)25-22(26)15-27-19-13-11-18(12-14-19)24(5,6)7/h8-14,16-17H,15H2,1-7H3,(H,25,26). The minimum atomic E-state index is -0.134. The Morgan fingerprint density at radius 1 is 0.926 bits per heavy atom. The van der Waals surface area contributed by atoms with Crippen LogP contribution in [0.1, 0.15) is 77.0 Å². The molecule has 27 heavy (non-hydrogen) atoms. The van der Waals surface area contributed by atoms with Crippen LogP contribution in [0.4, 0.5) is 5.69 Å². The normalized spacial score (nSPS) is 11.7. The maximum absolute atomic E-state index is 12.5. The molecule has 146 valence electrons. The number of hydrogen-bond donors (Lipinski definition) is 1. The van der Waals surface area contributed by atoms with Gasteiger partial charge in [0.15, 0.2) is 6.61 Å². The fourth-order valence-corrected chi connectivity index (χ4v) is 3.07. The van der Waals surface area contributed by atoms with Crippen molar-refractivity contribution in [3.63, 3.8) is 0 Å². The van der Waals surface area contributed by atoms with E-state index < -0.39 is 0 Å². The molecule has 0 saturated carbocycles. The average molecular weight is 368 g/mol. The lowest BCUT2D eigenvalue weighted by Crippen LogP contribution is -2.22. The Labute approximate surface area is 164 Å². The summed E-state index contributed by atoms with van der Waals surface area (Å²) in [6, 6.07) is 14.2. The van der Waals surface area contributed by atoms with Crippen molar-refractivity contribution in [2.75, 3.05) is 11.9 Å². The zero-order valence-electron chi connectivity index (χ0n) is 17.7. The number of hydrogen-bond acceptors (Lipinski definition) is 2. The lowest BCUT2D eigenvalue weighted by atomic mass is 9.87. The Morgan fingerprint density at radius 3 is 1.89 bits per heavy atom. The number of carbonyl (C=O) groups is 1. The summed E-state index contributed by atoms with van der Waals surface area (Å²) >= 11 is 0. The number of ether oxygens (including phenoxy) is 1. The topological polar surface area (TPSA) is 38.3 Å². The first kappa shape index (κ1) is 21.0. The summed E-state index contributed by atoms with van der Waals surface area (Å²) in [5.41, 5.74) is 4.59. The van der Waals surface area contributed by atoms with Crippen LogP contribution < -0.4 is 10.1 Å². The highest BCUT2D eigenvalue weighted by Crippen LogP contribution is 2.32. The van der Waals surface area contributed by atoms with E-state index in [2.05, 4.69) is 84.1 Å². The second-order valence-electron chi connectivity index (χ2n) is 8.73. The molecule has 0 spiro atoms. The second-order valence-corrected chi connectivity index (χ2v) is 8.73. The highest BCUT2D eigenvalue weighted by Gasteiger charge is 2.17. The molecule has 0 aliphatic heterocycles. The van der Waals surface area contributed by atoms with Crippen LogP contribution in [0.2, 0.25) is 0 Å². The molecule has 0 radical (unpaired) electrons. The summed E-state index contributed by atoms with van der Waals surface area (Å²) < 4.78 is 5.70. The molecule has 0 atom stereocenters. The number of carbonyl (C=O) groups excluding carboxylic acids is 1. The summed E-state index contributed by atoms with van der Waals surface area (Å²) in [5.74, 6) is 1.25. The molecule has 0 bridgehead atoms. The van der Waals surface area contributed by atoms with Crippen LogP contribution in [0.5, 0.6) is 5.75 Å². The van der Waals surface area contributed by atoms with Gasteiger partial charge in [0.05, 0.1) is 0 Å². The first-order valence-electron chi connectivity index (χ1n) is 9.75. The summed E-state index contributed by atoms with van der Waals surface area (Å²) in [6.07, 6.45) is 0. The van der Waals surface area contributed by atoms with Crippen LogP contribution in [-0.2, 0) is 10.2 Å². The molecule has 0 aliphatic carbocycles. The number of amides is 1. The molecule has 0 aliphatic rings. The van der Waals surface area contributed by atoms with E-state index in [1.807, 2.05) is 12.1 Å². The number of anilines is 1. The molecule has 3 nitrogen and oxygen atoms in total. The largest absolute Gasteiger partial charge is 0.484 e. The van der Waals surface area contributed by atoms with Crippen molar-refractivity contribution in [1.29, 1.82) is 0 Å². The molecule has 2 aromatic carbocycles. The molecule has 0 heterocycles. The monoisotopic (exact) mass is 367 g/mol. The van der Waals surface area contributed by atoms with E-state index in [1.54, 1.807) is 0 Å². The molecule has 0 unspecified atom stereocenters. The van der Waals surface area contributed by atoms with E-state index in [1.165, 1.54) is 5.56 Å². The number of benzene rings is 2. The molecule has 0 aromatic heterocycles. The summed E-state index contributed by atoms with van der Waals surface area (Å²) in [7, 11) is 0. The molecule has 3 heteroatoms. The minimum absolute atomic E-state index is 0.00116. The van der Waals surface area contributed by atoms with Gasteiger partial charge >= 0.3 is 0 Å². The van der Waals surface area contributed by atoms with E-state index in [0.29, 0.717) is 17.6 Å². The van der Waals surface area contributed by atoms with Gasteiger partial charge in [-0.3, -0.25) is 4.79 Å². The Bertz CT molecular complexity index is 742. The summed E-state index contributed by atoms with van der Waals surface area (Å²) in [4.78, 5) is 12.5. The number of rotatable bonds is 6. The van der Waals surface area contributed by atoms with Crippen molar-refractivity contribution < 1.29 is 9.53 Å². The Hall–Kier alpha value is -2.29. The zero-order valence-corrected chi connectivity index (χ0v) is 17.7. The van der Waals surface area contributed by atoms with Crippen molar-refractivity contribution in [3.8, 4) is 5.75 Å². The third-order valence-corrected chi connectivity index (χ3v) is 4.73. The first-order valence-corrected chi connectivity index (χ1v) is 9.75. The quantitative estimate of drug-likeness (QED) is 0.655. The van der Waals surface area contributed by atoms with Crippen molar-refractivity contribution in [1.82, 2.24) is 0 Å². The summed E-state index contributed by atoms with van der Waals surface area (Å²) in [5, 5.41) is 3.08. The average Bonchev–Trinajstić information content (AvgIpc) is 2.59. The van der Waals surface area contributed by atoms with Crippen molar-refractivity contribution in [2.24, 2.45) is 0 Å². The molecule has 1 amide bonds. The maximum Gasteiger partial charge on any atom is 0.262 e. The van der Waals surface area contributed by atoms with Gasteiger partial charge in [0, 0.05) is 5.69 Å². The van der Waals surface area contributed by atoms with E-state index in [9.17, 15) is 4.79 Å². The van der Waals surface area contributed by atoms with Crippen LogP contribution in [0.3, 0.4) is 0 Å². The zero-order chi connectivity index (χ0) is 20.2. The lowest BCUT2D eigenvalue weighted by molar-refractivity contribution is -0.118. The molecular formula is C24H33NO2. The fourth-order valence-electron chi connectivity index (χ4n) is 3.07. The van der Waals surface area contributed by atoms with Gasteiger partial charge in [0.2, 0.25) is 0 Å². The van der Waals surface area contributed by atoms with Crippen molar-refractivity contribution in [2.45, 2.75) is 65.7 Å². The molecular weight excluding hydrogens is 334 g/mol. The van der Waals surface area contributed by atoms with E-state index in [0.717, 1.165) is 16.8 Å². The third-order valence-electron chi connectivity index (χ3n) is 4.73. The molecule has 1 N–H and O–H groups in total. The number of nitrogens with one attached hydrogen (secondary N) is 1.